The van der Waals surface area contributed by atoms with Crippen LogP contribution in [0.4, 0.5) is 5.82 Å². The van der Waals surface area contributed by atoms with Gasteiger partial charge in [-0.05, 0) is 47.4 Å². The average molecular weight is 385 g/mol. The molecule has 0 bridgehead atoms. The first-order valence-electron chi connectivity index (χ1n) is 6.24. The van der Waals surface area contributed by atoms with Crippen molar-refractivity contribution in [3.63, 3.8) is 0 Å². The van der Waals surface area contributed by atoms with Gasteiger partial charge in [0.15, 0.2) is 5.82 Å². The largest absolute Gasteiger partial charge is 0.369 e. The molecular formula is C14H16IN3S. The molecule has 1 heterocycles. The van der Waals surface area contributed by atoms with E-state index in [0.29, 0.717) is 0 Å². The van der Waals surface area contributed by atoms with E-state index in [0.717, 1.165) is 33.1 Å². The zero-order valence-corrected chi connectivity index (χ0v) is 14.0. The van der Waals surface area contributed by atoms with Crippen LogP contribution in [0.15, 0.2) is 35.4 Å². The van der Waals surface area contributed by atoms with Gasteiger partial charge < -0.3 is 5.32 Å². The van der Waals surface area contributed by atoms with Gasteiger partial charge in [-0.15, -0.1) is 11.8 Å². The van der Waals surface area contributed by atoms with Gasteiger partial charge >= 0.3 is 0 Å². The topological polar surface area (TPSA) is 37.8 Å². The predicted octanol–water partition coefficient (Wildman–Crippen LogP) is 4.29. The standard InChI is InChI=1S/C14H16IN3S/c1-3-16-14-12(15)9-17-13(18-14)10-5-7-11(8-6-10)19-4-2/h5-9H,3-4H2,1-2H3,(H,16,17,18). The molecule has 5 heteroatoms. The molecule has 0 saturated heterocycles. The smallest absolute Gasteiger partial charge is 0.161 e. The third kappa shape index (κ3) is 3.82. The van der Waals surface area contributed by atoms with Crippen molar-refractivity contribution in [2.75, 3.05) is 17.6 Å². The Labute approximate surface area is 131 Å². The van der Waals surface area contributed by atoms with Crippen LogP contribution >= 0.6 is 34.4 Å². The van der Waals surface area contributed by atoms with Crippen LogP contribution in [0, 0.1) is 3.57 Å². The number of benzene rings is 1. The molecule has 1 aromatic heterocycles. The van der Waals surface area contributed by atoms with Gasteiger partial charge in [-0.1, -0.05) is 19.1 Å². The van der Waals surface area contributed by atoms with Crippen LogP contribution in [0.1, 0.15) is 13.8 Å². The minimum atomic E-state index is 0.768. The number of thioether (sulfide) groups is 1. The fourth-order valence-electron chi connectivity index (χ4n) is 1.66. The first-order chi connectivity index (χ1) is 9.24. The van der Waals surface area contributed by atoms with Crippen LogP contribution in [0.5, 0.6) is 0 Å². The lowest BCUT2D eigenvalue weighted by Gasteiger charge is -2.07. The Hall–Kier alpha value is -0.820. The highest BCUT2D eigenvalue weighted by Crippen LogP contribution is 2.24. The highest BCUT2D eigenvalue weighted by molar-refractivity contribution is 14.1. The van der Waals surface area contributed by atoms with E-state index in [2.05, 4.69) is 76.0 Å². The molecule has 0 aliphatic heterocycles. The number of hydrogen-bond donors (Lipinski definition) is 1. The molecule has 2 aromatic rings. The van der Waals surface area contributed by atoms with E-state index in [9.17, 15) is 0 Å². The maximum Gasteiger partial charge on any atom is 0.161 e. The highest BCUT2D eigenvalue weighted by Gasteiger charge is 2.06. The summed E-state index contributed by atoms with van der Waals surface area (Å²) >= 11 is 4.08. The second kappa shape index (κ2) is 7.09. The number of anilines is 1. The number of rotatable bonds is 5. The molecule has 0 fully saturated rings. The molecule has 1 aromatic carbocycles. The fraction of sp³-hybridized carbons (Fsp3) is 0.286. The van der Waals surface area contributed by atoms with Crippen LogP contribution < -0.4 is 5.32 Å². The zero-order chi connectivity index (χ0) is 13.7. The van der Waals surface area contributed by atoms with E-state index in [1.165, 1.54) is 4.90 Å². The zero-order valence-electron chi connectivity index (χ0n) is 11.0. The van der Waals surface area contributed by atoms with Crippen LogP contribution in [-0.4, -0.2) is 22.3 Å². The monoisotopic (exact) mass is 385 g/mol. The molecule has 3 nitrogen and oxygen atoms in total. The first-order valence-corrected chi connectivity index (χ1v) is 8.30. The van der Waals surface area contributed by atoms with Gasteiger partial charge in [-0.2, -0.15) is 0 Å². The second-order valence-electron chi connectivity index (χ2n) is 3.88. The Balaban J connectivity index is 2.28. The van der Waals surface area contributed by atoms with Gasteiger partial charge in [0.1, 0.15) is 5.82 Å². The summed E-state index contributed by atoms with van der Waals surface area (Å²) in [4.78, 5) is 10.3. The van der Waals surface area contributed by atoms with Crippen molar-refractivity contribution in [1.82, 2.24) is 9.97 Å². The maximum absolute atomic E-state index is 4.57. The van der Waals surface area contributed by atoms with E-state index in [1.807, 2.05) is 18.0 Å². The van der Waals surface area contributed by atoms with Crippen LogP contribution in [0.25, 0.3) is 11.4 Å². The molecule has 0 spiro atoms. The number of nitrogens with one attached hydrogen (secondary N) is 1. The molecule has 1 N–H and O–H groups in total. The van der Waals surface area contributed by atoms with Gasteiger partial charge in [-0.3, -0.25) is 0 Å². The Morgan fingerprint density at radius 1 is 1.21 bits per heavy atom. The third-order valence-electron chi connectivity index (χ3n) is 2.51. The Kier molecular flexibility index (Phi) is 5.45. The molecule has 0 radical (unpaired) electrons. The molecule has 19 heavy (non-hydrogen) atoms. The van der Waals surface area contributed by atoms with Crippen LogP contribution in [-0.2, 0) is 0 Å². The quantitative estimate of drug-likeness (QED) is 0.616. The summed E-state index contributed by atoms with van der Waals surface area (Å²) < 4.78 is 1.04. The molecule has 0 saturated carbocycles. The third-order valence-corrected chi connectivity index (χ3v) is 4.20. The van der Waals surface area contributed by atoms with E-state index in [1.54, 1.807) is 0 Å². The van der Waals surface area contributed by atoms with Crippen molar-refractivity contribution >= 4 is 40.2 Å². The number of hydrogen-bond acceptors (Lipinski definition) is 4. The summed E-state index contributed by atoms with van der Waals surface area (Å²) in [6.07, 6.45) is 1.86. The number of nitrogens with zero attached hydrogens (tertiary/aromatic N) is 2. The van der Waals surface area contributed by atoms with Crippen molar-refractivity contribution < 1.29 is 0 Å². The lowest BCUT2D eigenvalue weighted by atomic mass is 10.2. The normalized spacial score (nSPS) is 10.5. The van der Waals surface area contributed by atoms with Gasteiger partial charge in [0.05, 0.1) is 3.57 Å². The molecule has 100 valence electrons. The molecule has 2 rings (SSSR count). The minimum Gasteiger partial charge on any atom is -0.369 e. The summed E-state index contributed by atoms with van der Waals surface area (Å²) in [6.45, 7) is 5.08. The van der Waals surface area contributed by atoms with Crippen LogP contribution in [0.2, 0.25) is 0 Å². The number of halogens is 1. The summed E-state index contributed by atoms with van der Waals surface area (Å²) in [7, 11) is 0. The van der Waals surface area contributed by atoms with Gasteiger partial charge in [0, 0.05) is 23.2 Å². The maximum atomic E-state index is 4.57. The number of aromatic nitrogens is 2. The summed E-state index contributed by atoms with van der Waals surface area (Å²) in [6, 6.07) is 8.40. The van der Waals surface area contributed by atoms with Gasteiger partial charge in [-0.25, -0.2) is 9.97 Å². The fourth-order valence-corrected chi connectivity index (χ4v) is 2.78. The molecule has 0 unspecified atom stereocenters. The van der Waals surface area contributed by atoms with Crippen molar-refractivity contribution in [3.05, 3.63) is 34.0 Å². The van der Waals surface area contributed by atoms with Crippen LogP contribution in [0.3, 0.4) is 0 Å². The Morgan fingerprint density at radius 2 is 1.95 bits per heavy atom. The van der Waals surface area contributed by atoms with Crippen molar-refractivity contribution in [3.8, 4) is 11.4 Å². The SMILES string of the molecule is CCNc1nc(-c2ccc(SCC)cc2)ncc1I. The van der Waals surface area contributed by atoms with E-state index >= 15 is 0 Å². The van der Waals surface area contributed by atoms with Crippen molar-refractivity contribution in [1.29, 1.82) is 0 Å². The molecule has 0 atom stereocenters. The lowest BCUT2D eigenvalue weighted by Crippen LogP contribution is -2.03. The Morgan fingerprint density at radius 3 is 2.58 bits per heavy atom. The molecule has 0 aliphatic carbocycles. The van der Waals surface area contributed by atoms with Gasteiger partial charge in [0.2, 0.25) is 0 Å². The molecular weight excluding hydrogens is 369 g/mol. The summed E-state index contributed by atoms with van der Waals surface area (Å²) in [5.41, 5.74) is 1.05. The average Bonchev–Trinajstić information content (AvgIpc) is 2.43. The second-order valence-corrected chi connectivity index (χ2v) is 6.38. The van der Waals surface area contributed by atoms with E-state index < -0.39 is 0 Å². The van der Waals surface area contributed by atoms with Crippen molar-refractivity contribution in [2.24, 2.45) is 0 Å². The Bertz CT molecular complexity index is 543. The molecule has 0 aliphatic rings. The predicted molar refractivity (Wildman–Crippen MR) is 90.7 cm³/mol. The van der Waals surface area contributed by atoms with Gasteiger partial charge in [0.25, 0.3) is 0 Å². The summed E-state index contributed by atoms with van der Waals surface area (Å²) in [5.74, 6) is 2.76. The van der Waals surface area contributed by atoms with E-state index in [-0.39, 0.29) is 0 Å². The lowest BCUT2D eigenvalue weighted by molar-refractivity contribution is 1.10. The summed E-state index contributed by atoms with van der Waals surface area (Å²) in [5, 5.41) is 3.25. The highest BCUT2D eigenvalue weighted by atomic mass is 127. The molecule has 0 amide bonds. The minimum absolute atomic E-state index is 0.768. The van der Waals surface area contributed by atoms with Crippen molar-refractivity contribution in [2.45, 2.75) is 18.7 Å². The first kappa shape index (κ1) is 14.6. The van der Waals surface area contributed by atoms with E-state index in [4.69, 9.17) is 0 Å².